The van der Waals surface area contributed by atoms with E-state index in [1.165, 1.54) is 0 Å². The second-order valence-corrected chi connectivity index (χ2v) is 4.02. The van der Waals surface area contributed by atoms with Crippen LogP contribution in [-0.2, 0) is 4.79 Å². The Morgan fingerprint density at radius 3 is 2.44 bits per heavy atom. The number of alkyl halides is 3. The van der Waals surface area contributed by atoms with Gasteiger partial charge in [-0.25, -0.2) is 0 Å². The summed E-state index contributed by atoms with van der Waals surface area (Å²) in [6.07, 6.45) is 1.72. The highest BCUT2D eigenvalue weighted by Gasteiger charge is 2.22. The predicted molar refractivity (Wildman–Crippen MR) is 54.8 cm³/mol. The van der Waals surface area contributed by atoms with E-state index >= 15 is 0 Å². The molecule has 5 heteroatoms. The van der Waals surface area contributed by atoms with Gasteiger partial charge in [-0.1, -0.05) is 25.3 Å². The van der Waals surface area contributed by atoms with Crippen molar-refractivity contribution in [1.29, 1.82) is 0 Å². The fraction of sp³-hybridized carbons (Fsp3) is 0.727. The third-order valence-corrected chi connectivity index (χ3v) is 2.68. The van der Waals surface area contributed by atoms with Gasteiger partial charge in [-0.05, 0) is 12.8 Å². The van der Waals surface area contributed by atoms with Crippen molar-refractivity contribution in [2.24, 2.45) is 5.92 Å². The number of nitrogens with one attached hydrogen (secondary N) is 1. The summed E-state index contributed by atoms with van der Waals surface area (Å²) in [5.74, 6) is -0.125. The summed E-state index contributed by atoms with van der Waals surface area (Å²) in [6.45, 7) is -0.0468. The maximum absolute atomic E-state index is 11.7. The molecule has 0 unspecified atom stereocenters. The van der Waals surface area contributed by atoms with Gasteiger partial charge in [0.2, 0.25) is 5.91 Å². The van der Waals surface area contributed by atoms with E-state index in [4.69, 9.17) is 0 Å². The Morgan fingerprint density at radius 1 is 1.25 bits per heavy atom. The Bertz CT molecular complexity index is 254. The summed E-state index contributed by atoms with van der Waals surface area (Å²) >= 11 is 0. The van der Waals surface area contributed by atoms with Crippen molar-refractivity contribution in [1.82, 2.24) is 5.32 Å². The number of hydrogen-bond acceptors (Lipinski definition) is 1. The average Bonchev–Trinajstić information content (AvgIpc) is 2.24. The summed E-state index contributed by atoms with van der Waals surface area (Å²) in [6, 6.07) is 0. The van der Waals surface area contributed by atoms with Crippen molar-refractivity contribution >= 4 is 5.91 Å². The van der Waals surface area contributed by atoms with E-state index in [0.717, 1.165) is 38.2 Å². The van der Waals surface area contributed by atoms with E-state index in [1.807, 2.05) is 0 Å². The lowest BCUT2D eigenvalue weighted by Gasteiger charge is -2.20. The van der Waals surface area contributed by atoms with Gasteiger partial charge in [0, 0.05) is 18.5 Å². The lowest BCUT2D eigenvalue weighted by molar-refractivity contribution is -0.125. The van der Waals surface area contributed by atoms with Gasteiger partial charge in [-0.2, -0.15) is 13.2 Å². The van der Waals surface area contributed by atoms with Gasteiger partial charge in [0.1, 0.15) is 0 Å². The third kappa shape index (κ3) is 5.19. The molecule has 1 fully saturated rings. The van der Waals surface area contributed by atoms with E-state index in [0.29, 0.717) is 0 Å². The molecule has 16 heavy (non-hydrogen) atoms. The van der Waals surface area contributed by atoms with Crippen LogP contribution in [0.3, 0.4) is 0 Å². The standard InChI is InChI=1S/C11H16F3NO/c12-11(13,14)7-4-8-15-10(16)9-5-2-1-3-6-9/h4,7,9H,1-3,5-6,8H2,(H,15,16)/b7-4-. The van der Waals surface area contributed by atoms with Gasteiger partial charge in [-0.3, -0.25) is 4.79 Å². The predicted octanol–water partition coefficient (Wildman–Crippen LogP) is 2.80. The maximum atomic E-state index is 11.7. The number of rotatable bonds is 3. The SMILES string of the molecule is O=C(NC/C=C\C(F)(F)F)C1CCCCC1. The fourth-order valence-electron chi connectivity index (χ4n) is 1.86. The molecule has 0 aromatic rings. The van der Waals surface area contributed by atoms with Gasteiger partial charge in [0.05, 0.1) is 0 Å². The molecule has 0 heterocycles. The Hall–Kier alpha value is -1.00. The first kappa shape index (κ1) is 13.1. The minimum Gasteiger partial charge on any atom is -0.352 e. The van der Waals surface area contributed by atoms with E-state index in [1.54, 1.807) is 0 Å². The van der Waals surface area contributed by atoms with Gasteiger partial charge in [-0.15, -0.1) is 0 Å². The molecule has 92 valence electrons. The van der Waals surface area contributed by atoms with Crippen LogP contribution in [0.2, 0.25) is 0 Å². The van der Waals surface area contributed by atoms with Crippen molar-refractivity contribution in [3.05, 3.63) is 12.2 Å². The molecule has 0 bridgehead atoms. The molecule has 0 aliphatic heterocycles. The highest BCUT2D eigenvalue weighted by molar-refractivity contribution is 5.78. The van der Waals surface area contributed by atoms with Crippen LogP contribution < -0.4 is 5.32 Å². The highest BCUT2D eigenvalue weighted by Crippen LogP contribution is 2.23. The second kappa shape index (κ2) is 5.92. The lowest BCUT2D eigenvalue weighted by atomic mass is 9.89. The number of carbonyl (C=O) groups is 1. The van der Waals surface area contributed by atoms with Crippen LogP contribution in [0.1, 0.15) is 32.1 Å². The van der Waals surface area contributed by atoms with Crippen molar-refractivity contribution in [3.8, 4) is 0 Å². The molecular formula is C11H16F3NO. The van der Waals surface area contributed by atoms with E-state index in [-0.39, 0.29) is 24.4 Å². The van der Waals surface area contributed by atoms with Gasteiger partial charge in [0.25, 0.3) is 0 Å². The Kier molecular flexibility index (Phi) is 4.83. The van der Waals surface area contributed by atoms with Gasteiger partial charge in [0.15, 0.2) is 0 Å². The van der Waals surface area contributed by atoms with Crippen LogP contribution >= 0.6 is 0 Å². The van der Waals surface area contributed by atoms with Crippen LogP contribution in [-0.4, -0.2) is 18.6 Å². The summed E-state index contributed by atoms with van der Waals surface area (Å²) in [7, 11) is 0. The number of carbonyl (C=O) groups excluding carboxylic acids is 1. The smallest absolute Gasteiger partial charge is 0.352 e. The van der Waals surface area contributed by atoms with Gasteiger partial charge >= 0.3 is 6.18 Å². The van der Waals surface area contributed by atoms with E-state index < -0.39 is 6.18 Å². The molecule has 0 radical (unpaired) electrons. The van der Waals surface area contributed by atoms with Crippen LogP contribution in [0.25, 0.3) is 0 Å². The maximum Gasteiger partial charge on any atom is 0.409 e. The van der Waals surface area contributed by atoms with Gasteiger partial charge < -0.3 is 5.32 Å². The summed E-state index contributed by atoms with van der Waals surface area (Å²) < 4.78 is 35.2. The molecular weight excluding hydrogens is 219 g/mol. The van der Waals surface area contributed by atoms with Crippen molar-refractivity contribution < 1.29 is 18.0 Å². The van der Waals surface area contributed by atoms with Crippen LogP contribution in [0.5, 0.6) is 0 Å². The Labute approximate surface area is 92.9 Å². The van der Waals surface area contributed by atoms with Crippen molar-refractivity contribution in [2.45, 2.75) is 38.3 Å². The van der Waals surface area contributed by atoms with E-state index in [2.05, 4.69) is 5.32 Å². The van der Waals surface area contributed by atoms with Crippen LogP contribution in [0, 0.1) is 5.92 Å². The van der Waals surface area contributed by atoms with Crippen LogP contribution in [0.15, 0.2) is 12.2 Å². The highest BCUT2D eigenvalue weighted by atomic mass is 19.4. The Balaban J connectivity index is 2.22. The summed E-state index contributed by atoms with van der Waals surface area (Å²) in [5, 5.41) is 2.50. The zero-order valence-corrected chi connectivity index (χ0v) is 9.02. The monoisotopic (exact) mass is 235 g/mol. The molecule has 0 aromatic carbocycles. The molecule has 1 N–H and O–H groups in total. The Morgan fingerprint density at radius 2 is 1.88 bits per heavy atom. The summed E-state index contributed by atoms with van der Waals surface area (Å²) in [4.78, 5) is 11.5. The molecule has 0 saturated heterocycles. The fourth-order valence-corrected chi connectivity index (χ4v) is 1.86. The minimum atomic E-state index is -4.30. The van der Waals surface area contributed by atoms with Crippen LogP contribution in [0.4, 0.5) is 13.2 Å². The second-order valence-electron chi connectivity index (χ2n) is 4.02. The molecule has 1 saturated carbocycles. The quantitative estimate of drug-likeness (QED) is 0.749. The molecule has 2 nitrogen and oxygen atoms in total. The first-order chi connectivity index (χ1) is 7.49. The average molecular weight is 235 g/mol. The molecule has 0 spiro atoms. The largest absolute Gasteiger partial charge is 0.409 e. The first-order valence-electron chi connectivity index (χ1n) is 5.51. The van der Waals surface area contributed by atoms with Crippen molar-refractivity contribution in [3.63, 3.8) is 0 Å². The topological polar surface area (TPSA) is 29.1 Å². The number of hydrogen-bond donors (Lipinski definition) is 1. The lowest BCUT2D eigenvalue weighted by Crippen LogP contribution is -2.32. The summed E-state index contributed by atoms with van der Waals surface area (Å²) in [5.41, 5.74) is 0. The van der Waals surface area contributed by atoms with E-state index in [9.17, 15) is 18.0 Å². The zero-order chi connectivity index (χ0) is 12.0. The third-order valence-electron chi connectivity index (χ3n) is 2.68. The number of amides is 1. The molecule has 1 aliphatic rings. The zero-order valence-electron chi connectivity index (χ0n) is 9.02. The number of halogens is 3. The molecule has 0 atom stereocenters. The molecule has 1 aliphatic carbocycles. The molecule has 1 rings (SSSR count). The number of allylic oxidation sites excluding steroid dienone is 1. The van der Waals surface area contributed by atoms with Crippen molar-refractivity contribution in [2.75, 3.05) is 6.54 Å². The molecule has 1 amide bonds. The molecule has 0 aromatic heterocycles. The normalized spacial score (nSPS) is 18.9. The minimum absolute atomic E-state index is 0.00645. The first-order valence-corrected chi connectivity index (χ1v) is 5.51.